The van der Waals surface area contributed by atoms with E-state index in [-0.39, 0.29) is 0 Å². The maximum Gasteiger partial charge on any atom is 0.0413 e. The van der Waals surface area contributed by atoms with Crippen molar-refractivity contribution in [2.75, 3.05) is 37.6 Å². The Labute approximate surface area is 137 Å². The lowest BCUT2D eigenvalue weighted by Crippen LogP contribution is -2.47. The SMILES string of the molecule is CCCN1CCN(c2ccc(Br)cc2CNC(C)C)CC1. The first kappa shape index (κ1) is 16.8. The fourth-order valence-corrected chi connectivity index (χ4v) is 3.26. The monoisotopic (exact) mass is 353 g/mol. The van der Waals surface area contributed by atoms with Crippen LogP contribution in [0.4, 0.5) is 5.69 Å². The molecule has 0 radical (unpaired) electrons. The van der Waals surface area contributed by atoms with E-state index in [1.807, 2.05) is 0 Å². The largest absolute Gasteiger partial charge is 0.369 e. The molecule has 0 aliphatic carbocycles. The van der Waals surface area contributed by atoms with E-state index in [4.69, 9.17) is 0 Å². The zero-order valence-corrected chi connectivity index (χ0v) is 15.1. The molecule has 0 unspecified atom stereocenters. The molecule has 1 saturated heterocycles. The van der Waals surface area contributed by atoms with Crippen LogP contribution in [0.3, 0.4) is 0 Å². The van der Waals surface area contributed by atoms with E-state index in [9.17, 15) is 0 Å². The number of anilines is 1. The molecule has 0 spiro atoms. The highest BCUT2D eigenvalue weighted by molar-refractivity contribution is 9.10. The smallest absolute Gasteiger partial charge is 0.0413 e. The fourth-order valence-electron chi connectivity index (χ4n) is 2.85. The van der Waals surface area contributed by atoms with Crippen LogP contribution < -0.4 is 10.2 Å². The van der Waals surface area contributed by atoms with Crippen molar-refractivity contribution in [3.8, 4) is 0 Å². The maximum atomic E-state index is 3.60. The number of benzene rings is 1. The summed E-state index contributed by atoms with van der Waals surface area (Å²) in [6.07, 6.45) is 1.25. The third kappa shape index (κ3) is 4.97. The van der Waals surface area contributed by atoms with Crippen LogP contribution >= 0.6 is 15.9 Å². The molecule has 3 nitrogen and oxygen atoms in total. The quantitative estimate of drug-likeness (QED) is 0.844. The van der Waals surface area contributed by atoms with Crippen LogP contribution in [0, 0.1) is 0 Å². The third-order valence-electron chi connectivity index (χ3n) is 4.00. The van der Waals surface area contributed by atoms with Crippen molar-refractivity contribution < 1.29 is 0 Å². The molecule has 1 aliphatic heterocycles. The molecule has 1 aromatic rings. The number of nitrogens with zero attached hydrogens (tertiary/aromatic N) is 2. The van der Waals surface area contributed by atoms with E-state index in [2.05, 4.69) is 70.0 Å². The van der Waals surface area contributed by atoms with Gasteiger partial charge in [0.05, 0.1) is 0 Å². The van der Waals surface area contributed by atoms with Crippen LogP contribution in [0.25, 0.3) is 0 Å². The maximum absolute atomic E-state index is 3.60. The lowest BCUT2D eigenvalue weighted by atomic mass is 10.1. The minimum Gasteiger partial charge on any atom is -0.369 e. The summed E-state index contributed by atoms with van der Waals surface area (Å²) in [6, 6.07) is 7.19. The number of rotatable bonds is 6. The van der Waals surface area contributed by atoms with Gasteiger partial charge in [-0.25, -0.2) is 0 Å². The zero-order valence-electron chi connectivity index (χ0n) is 13.5. The molecule has 21 heavy (non-hydrogen) atoms. The summed E-state index contributed by atoms with van der Waals surface area (Å²) in [5.74, 6) is 0. The molecule has 1 heterocycles. The Kier molecular flexibility index (Phi) is 6.52. The van der Waals surface area contributed by atoms with Crippen molar-refractivity contribution in [3.63, 3.8) is 0 Å². The van der Waals surface area contributed by atoms with Gasteiger partial charge < -0.3 is 10.2 Å². The molecule has 2 rings (SSSR count). The van der Waals surface area contributed by atoms with Crippen LogP contribution in [-0.4, -0.2) is 43.7 Å². The number of halogens is 1. The predicted octanol–water partition coefficient (Wildman–Crippen LogP) is 3.48. The van der Waals surface area contributed by atoms with E-state index >= 15 is 0 Å². The fraction of sp³-hybridized carbons (Fsp3) is 0.647. The van der Waals surface area contributed by atoms with E-state index in [1.54, 1.807) is 0 Å². The van der Waals surface area contributed by atoms with Crippen molar-refractivity contribution >= 4 is 21.6 Å². The van der Waals surface area contributed by atoms with Gasteiger partial charge in [0.2, 0.25) is 0 Å². The highest BCUT2D eigenvalue weighted by Gasteiger charge is 2.18. The van der Waals surface area contributed by atoms with E-state index in [1.165, 1.54) is 37.3 Å². The van der Waals surface area contributed by atoms with Gasteiger partial charge in [0.1, 0.15) is 0 Å². The first-order valence-electron chi connectivity index (χ1n) is 8.09. The topological polar surface area (TPSA) is 18.5 Å². The van der Waals surface area contributed by atoms with Crippen molar-refractivity contribution in [2.45, 2.75) is 39.8 Å². The van der Waals surface area contributed by atoms with Crippen LogP contribution in [0.2, 0.25) is 0 Å². The molecule has 0 amide bonds. The summed E-state index contributed by atoms with van der Waals surface area (Å²) in [7, 11) is 0. The molecule has 118 valence electrons. The lowest BCUT2D eigenvalue weighted by molar-refractivity contribution is 0.258. The van der Waals surface area contributed by atoms with Gasteiger partial charge in [-0.3, -0.25) is 4.90 Å². The minimum absolute atomic E-state index is 0.512. The van der Waals surface area contributed by atoms with Crippen molar-refractivity contribution in [1.29, 1.82) is 0 Å². The third-order valence-corrected chi connectivity index (χ3v) is 4.49. The van der Waals surface area contributed by atoms with Crippen molar-refractivity contribution in [2.24, 2.45) is 0 Å². The molecule has 1 N–H and O–H groups in total. The Morgan fingerprint density at radius 2 is 1.90 bits per heavy atom. The van der Waals surface area contributed by atoms with Gasteiger partial charge >= 0.3 is 0 Å². The van der Waals surface area contributed by atoms with Crippen molar-refractivity contribution in [3.05, 3.63) is 28.2 Å². The van der Waals surface area contributed by atoms with Gasteiger partial charge in [-0.15, -0.1) is 0 Å². The molecule has 4 heteroatoms. The molecule has 0 bridgehead atoms. The molecule has 1 fully saturated rings. The van der Waals surface area contributed by atoms with E-state index in [0.717, 1.165) is 24.1 Å². The Morgan fingerprint density at radius 3 is 2.52 bits per heavy atom. The Bertz CT molecular complexity index is 440. The molecular weight excluding hydrogens is 326 g/mol. The van der Waals surface area contributed by atoms with Gasteiger partial charge in [0.25, 0.3) is 0 Å². The second-order valence-corrected chi connectivity index (χ2v) is 7.05. The van der Waals surface area contributed by atoms with Gasteiger partial charge in [0, 0.05) is 48.9 Å². The first-order valence-corrected chi connectivity index (χ1v) is 8.88. The van der Waals surface area contributed by atoms with Gasteiger partial charge in [-0.2, -0.15) is 0 Å². The summed E-state index contributed by atoms with van der Waals surface area (Å²) in [5.41, 5.74) is 2.78. The van der Waals surface area contributed by atoms with E-state index < -0.39 is 0 Å². The normalized spacial score (nSPS) is 16.7. The van der Waals surface area contributed by atoms with E-state index in [0.29, 0.717) is 6.04 Å². The number of hydrogen-bond acceptors (Lipinski definition) is 3. The zero-order chi connectivity index (χ0) is 15.2. The van der Waals surface area contributed by atoms with Gasteiger partial charge in [0.15, 0.2) is 0 Å². The molecule has 0 atom stereocenters. The second kappa shape index (κ2) is 8.16. The van der Waals surface area contributed by atoms with Gasteiger partial charge in [-0.1, -0.05) is 36.7 Å². The van der Waals surface area contributed by atoms with Crippen LogP contribution in [0.5, 0.6) is 0 Å². The lowest BCUT2D eigenvalue weighted by Gasteiger charge is -2.37. The van der Waals surface area contributed by atoms with Crippen LogP contribution in [0.15, 0.2) is 22.7 Å². The van der Waals surface area contributed by atoms with Crippen molar-refractivity contribution in [1.82, 2.24) is 10.2 Å². The Balaban J connectivity index is 2.05. The highest BCUT2D eigenvalue weighted by Crippen LogP contribution is 2.26. The first-order chi connectivity index (χ1) is 10.1. The second-order valence-electron chi connectivity index (χ2n) is 6.14. The summed E-state index contributed by atoms with van der Waals surface area (Å²) in [4.78, 5) is 5.11. The average molecular weight is 354 g/mol. The Hall–Kier alpha value is -0.580. The minimum atomic E-state index is 0.512. The van der Waals surface area contributed by atoms with Crippen LogP contribution in [-0.2, 0) is 6.54 Å². The summed E-state index contributed by atoms with van der Waals surface area (Å²) >= 11 is 3.60. The van der Waals surface area contributed by atoms with Crippen LogP contribution in [0.1, 0.15) is 32.8 Å². The summed E-state index contributed by atoms with van der Waals surface area (Å²) in [5, 5.41) is 3.54. The number of piperazine rings is 1. The average Bonchev–Trinajstić information content (AvgIpc) is 2.46. The highest BCUT2D eigenvalue weighted by atomic mass is 79.9. The standard InChI is InChI=1S/C17H28BrN3/c1-4-7-20-8-10-21(11-9-20)17-6-5-16(18)12-15(17)13-19-14(2)3/h5-6,12,14,19H,4,7-11,13H2,1-3H3. The number of nitrogens with one attached hydrogen (secondary N) is 1. The molecule has 0 aromatic heterocycles. The molecule has 0 saturated carbocycles. The van der Waals surface area contributed by atoms with Gasteiger partial charge in [-0.05, 0) is 36.7 Å². The summed E-state index contributed by atoms with van der Waals surface area (Å²) in [6.45, 7) is 13.4. The summed E-state index contributed by atoms with van der Waals surface area (Å²) < 4.78 is 1.16. The molecular formula is C17H28BrN3. The Morgan fingerprint density at radius 1 is 1.19 bits per heavy atom. The molecule has 1 aromatic carbocycles. The number of hydrogen-bond donors (Lipinski definition) is 1. The molecule has 1 aliphatic rings. The predicted molar refractivity (Wildman–Crippen MR) is 95.1 cm³/mol.